The van der Waals surface area contributed by atoms with Gasteiger partial charge in [-0.15, -0.1) is 0 Å². The van der Waals surface area contributed by atoms with Crippen LogP contribution >= 0.6 is 15.9 Å². The fourth-order valence-electron chi connectivity index (χ4n) is 0.886. The van der Waals surface area contributed by atoms with Crippen molar-refractivity contribution < 1.29 is 14.6 Å². The monoisotopic (exact) mass is 245 g/mol. The summed E-state index contributed by atoms with van der Waals surface area (Å²) in [6.07, 6.45) is 0. The molecular weight excluding hydrogens is 238 g/mol. The zero-order chi connectivity index (χ0) is 10.0. The fraction of sp³-hybridized carbons (Fsp3) is 0.125. The van der Waals surface area contributed by atoms with E-state index >= 15 is 0 Å². The lowest BCUT2D eigenvalue weighted by Crippen LogP contribution is -2.02. The summed E-state index contributed by atoms with van der Waals surface area (Å²) in [4.78, 5) is 11.1. The van der Waals surface area contributed by atoms with Gasteiger partial charge in [0.05, 0.1) is 11.6 Å². The number of hydrogen-bond donors (Lipinski definition) is 2. The minimum atomic E-state index is -0.620. The van der Waals surface area contributed by atoms with E-state index in [-0.39, 0.29) is 11.3 Å². The van der Waals surface area contributed by atoms with Crippen molar-refractivity contribution in [2.45, 2.75) is 0 Å². The fourth-order valence-corrected chi connectivity index (χ4v) is 1.36. The maximum Gasteiger partial charge on any atom is 0.341 e. The number of phenolic OH excluding ortho intramolecular Hbond substituents is 1. The van der Waals surface area contributed by atoms with Crippen LogP contribution in [0.25, 0.3) is 0 Å². The Bertz CT molecular complexity index is 351. The van der Waals surface area contributed by atoms with Gasteiger partial charge in [0, 0.05) is 5.69 Å². The van der Waals surface area contributed by atoms with Crippen molar-refractivity contribution in [2.75, 3.05) is 12.8 Å². The normalized spacial score (nSPS) is 9.69. The van der Waals surface area contributed by atoms with E-state index in [0.29, 0.717) is 10.2 Å². The molecule has 0 spiro atoms. The third-order valence-corrected chi connectivity index (χ3v) is 2.10. The predicted octanol–water partition coefficient (Wildman–Crippen LogP) is 1.52. The molecule has 4 nitrogen and oxygen atoms in total. The summed E-state index contributed by atoms with van der Waals surface area (Å²) in [7, 11) is 1.23. The smallest absolute Gasteiger partial charge is 0.341 e. The van der Waals surface area contributed by atoms with E-state index in [1.165, 1.54) is 19.2 Å². The van der Waals surface area contributed by atoms with Gasteiger partial charge in [0.1, 0.15) is 11.3 Å². The molecule has 0 aliphatic heterocycles. The van der Waals surface area contributed by atoms with Crippen LogP contribution in [0.1, 0.15) is 10.4 Å². The Morgan fingerprint density at radius 1 is 1.62 bits per heavy atom. The minimum absolute atomic E-state index is 0.0503. The highest BCUT2D eigenvalue weighted by Gasteiger charge is 2.14. The van der Waals surface area contributed by atoms with Crippen molar-refractivity contribution in [3.8, 4) is 5.75 Å². The Morgan fingerprint density at radius 2 is 2.23 bits per heavy atom. The number of anilines is 1. The highest BCUT2D eigenvalue weighted by molar-refractivity contribution is 9.10. The second-order valence-electron chi connectivity index (χ2n) is 2.39. The van der Waals surface area contributed by atoms with Gasteiger partial charge >= 0.3 is 5.97 Å². The van der Waals surface area contributed by atoms with Gasteiger partial charge in [-0.3, -0.25) is 0 Å². The molecule has 0 aliphatic rings. The zero-order valence-corrected chi connectivity index (χ0v) is 8.46. The first kappa shape index (κ1) is 9.85. The molecule has 0 radical (unpaired) electrons. The highest BCUT2D eigenvalue weighted by Crippen LogP contribution is 2.30. The van der Waals surface area contributed by atoms with Gasteiger partial charge in [0.25, 0.3) is 0 Å². The third-order valence-electron chi connectivity index (χ3n) is 1.49. The van der Waals surface area contributed by atoms with E-state index in [1.807, 2.05) is 0 Å². The number of rotatable bonds is 1. The second-order valence-corrected chi connectivity index (χ2v) is 3.24. The maximum atomic E-state index is 11.1. The molecule has 0 bridgehead atoms. The molecule has 13 heavy (non-hydrogen) atoms. The first-order valence-corrected chi connectivity index (χ1v) is 4.22. The standard InChI is InChI=1S/C8H8BrNO3/c1-13-8(12)5-2-4(10)3-6(9)7(5)11/h2-3,11H,10H2,1H3. The Kier molecular flexibility index (Phi) is 2.77. The Labute approximate surface area is 83.4 Å². The van der Waals surface area contributed by atoms with E-state index in [4.69, 9.17) is 5.73 Å². The van der Waals surface area contributed by atoms with Gasteiger partial charge in [0.15, 0.2) is 0 Å². The molecule has 0 saturated heterocycles. The third kappa shape index (κ3) is 1.92. The van der Waals surface area contributed by atoms with Gasteiger partial charge < -0.3 is 15.6 Å². The number of hydrogen-bond acceptors (Lipinski definition) is 4. The molecule has 0 fully saturated rings. The molecule has 70 valence electrons. The minimum Gasteiger partial charge on any atom is -0.506 e. The first-order valence-electron chi connectivity index (χ1n) is 3.42. The molecule has 0 heterocycles. The van der Waals surface area contributed by atoms with E-state index in [0.717, 1.165) is 0 Å². The predicted molar refractivity (Wildman–Crippen MR) is 51.6 cm³/mol. The number of nitrogen functional groups attached to an aromatic ring is 1. The van der Waals surface area contributed by atoms with Crippen molar-refractivity contribution in [1.29, 1.82) is 0 Å². The van der Waals surface area contributed by atoms with E-state index in [2.05, 4.69) is 20.7 Å². The van der Waals surface area contributed by atoms with Gasteiger partial charge in [-0.2, -0.15) is 0 Å². The average Bonchev–Trinajstić information content (AvgIpc) is 2.10. The number of esters is 1. The summed E-state index contributed by atoms with van der Waals surface area (Å²) in [6.45, 7) is 0. The second kappa shape index (κ2) is 3.66. The number of phenols is 1. The van der Waals surface area contributed by atoms with Crippen molar-refractivity contribution in [3.05, 3.63) is 22.2 Å². The van der Waals surface area contributed by atoms with Crippen LogP contribution in [0, 0.1) is 0 Å². The quantitative estimate of drug-likeness (QED) is 0.447. The van der Waals surface area contributed by atoms with Crippen LogP contribution in [0.3, 0.4) is 0 Å². The maximum absolute atomic E-state index is 11.1. The van der Waals surface area contributed by atoms with Crippen molar-refractivity contribution in [1.82, 2.24) is 0 Å². The topological polar surface area (TPSA) is 72.5 Å². The molecule has 1 rings (SSSR count). The summed E-state index contributed by atoms with van der Waals surface area (Å²) >= 11 is 3.06. The molecule has 0 atom stereocenters. The summed E-state index contributed by atoms with van der Waals surface area (Å²) in [5, 5.41) is 9.42. The lowest BCUT2D eigenvalue weighted by Gasteiger charge is -2.05. The summed E-state index contributed by atoms with van der Waals surface area (Å²) in [6, 6.07) is 2.85. The van der Waals surface area contributed by atoms with Crippen LogP contribution in [0.4, 0.5) is 5.69 Å². The van der Waals surface area contributed by atoms with Crippen LogP contribution in [0.15, 0.2) is 16.6 Å². The van der Waals surface area contributed by atoms with Gasteiger partial charge in [-0.05, 0) is 28.1 Å². The molecule has 0 saturated carbocycles. The van der Waals surface area contributed by atoms with Crippen molar-refractivity contribution in [3.63, 3.8) is 0 Å². The molecule has 1 aromatic carbocycles. The van der Waals surface area contributed by atoms with Crippen LogP contribution in [-0.4, -0.2) is 18.2 Å². The van der Waals surface area contributed by atoms with Gasteiger partial charge in [-0.25, -0.2) is 4.79 Å². The molecule has 0 amide bonds. The molecule has 0 aromatic heterocycles. The van der Waals surface area contributed by atoms with Crippen LogP contribution in [0.5, 0.6) is 5.75 Å². The van der Waals surface area contributed by atoms with E-state index < -0.39 is 5.97 Å². The number of methoxy groups -OCH3 is 1. The molecule has 0 unspecified atom stereocenters. The Hall–Kier alpha value is -1.23. The SMILES string of the molecule is COC(=O)c1cc(N)cc(Br)c1O. The largest absolute Gasteiger partial charge is 0.506 e. The number of carbonyl (C=O) groups excluding carboxylic acids is 1. The van der Waals surface area contributed by atoms with E-state index in [9.17, 15) is 9.90 Å². The Morgan fingerprint density at radius 3 is 2.77 bits per heavy atom. The number of nitrogens with two attached hydrogens (primary N) is 1. The average molecular weight is 246 g/mol. The molecule has 0 aliphatic carbocycles. The van der Waals surface area contributed by atoms with E-state index in [1.54, 1.807) is 0 Å². The van der Waals surface area contributed by atoms with Crippen molar-refractivity contribution >= 4 is 27.6 Å². The number of benzene rings is 1. The van der Waals surface area contributed by atoms with Crippen LogP contribution in [-0.2, 0) is 4.74 Å². The highest BCUT2D eigenvalue weighted by atomic mass is 79.9. The zero-order valence-electron chi connectivity index (χ0n) is 6.87. The van der Waals surface area contributed by atoms with Crippen LogP contribution < -0.4 is 5.73 Å². The van der Waals surface area contributed by atoms with Crippen molar-refractivity contribution in [2.24, 2.45) is 0 Å². The number of aromatic hydroxyl groups is 1. The van der Waals surface area contributed by atoms with Gasteiger partial charge in [0.2, 0.25) is 0 Å². The molecule has 1 aromatic rings. The number of carbonyl (C=O) groups is 1. The lowest BCUT2D eigenvalue weighted by atomic mass is 10.2. The molecule has 3 N–H and O–H groups in total. The van der Waals surface area contributed by atoms with Gasteiger partial charge in [-0.1, -0.05) is 0 Å². The summed E-state index contributed by atoms with van der Waals surface area (Å²) in [5.74, 6) is -0.786. The molecule has 5 heteroatoms. The number of halogens is 1. The lowest BCUT2D eigenvalue weighted by molar-refractivity contribution is 0.0597. The summed E-state index contributed by atoms with van der Waals surface area (Å²) in [5.41, 5.74) is 5.90. The number of ether oxygens (including phenoxy) is 1. The Balaban J connectivity index is 3.28. The molecular formula is C8H8BrNO3. The summed E-state index contributed by atoms with van der Waals surface area (Å²) < 4.78 is 4.82. The first-order chi connectivity index (χ1) is 6.06. The van der Waals surface area contributed by atoms with Crippen LogP contribution in [0.2, 0.25) is 0 Å².